The van der Waals surface area contributed by atoms with Crippen LogP contribution in [0.2, 0.25) is 0 Å². The van der Waals surface area contributed by atoms with E-state index in [-0.39, 0.29) is 5.13 Å². The summed E-state index contributed by atoms with van der Waals surface area (Å²) in [6.07, 6.45) is -0.300. The van der Waals surface area contributed by atoms with Crippen molar-refractivity contribution in [1.82, 2.24) is 9.97 Å². The number of hydrogen-bond acceptors (Lipinski definition) is 4. The van der Waals surface area contributed by atoms with E-state index in [0.717, 1.165) is 47.5 Å². The Morgan fingerprint density at radius 2 is 1.89 bits per heavy atom. The van der Waals surface area contributed by atoms with Crippen LogP contribution in [0, 0.1) is 0 Å². The molecule has 0 aliphatic heterocycles. The van der Waals surface area contributed by atoms with Gasteiger partial charge >= 0.3 is 6.18 Å². The molecule has 138 valence electrons. The van der Waals surface area contributed by atoms with Gasteiger partial charge in [-0.1, -0.05) is 18.2 Å². The van der Waals surface area contributed by atoms with Crippen LogP contribution in [0.3, 0.4) is 0 Å². The van der Waals surface area contributed by atoms with Gasteiger partial charge in [0.2, 0.25) is 0 Å². The number of nitrogens with zero attached hydrogens (tertiary/aromatic N) is 2. The van der Waals surface area contributed by atoms with Crippen LogP contribution >= 0.6 is 11.3 Å². The highest BCUT2D eigenvalue weighted by Crippen LogP contribution is 2.37. The summed E-state index contributed by atoms with van der Waals surface area (Å²) < 4.78 is 39.4. The average Bonchev–Trinajstić information content (AvgIpc) is 2.95. The molecule has 0 unspecified atom stereocenters. The Labute approximate surface area is 157 Å². The Morgan fingerprint density at radius 1 is 1.07 bits per heavy atom. The molecule has 2 heterocycles. The topological polar surface area (TPSA) is 54.9 Å². The molecule has 4 nitrogen and oxygen atoms in total. The molecule has 0 spiro atoms. The maximum atomic E-state index is 13.1. The van der Waals surface area contributed by atoms with Crippen LogP contribution in [0.4, 0.5) is 18.3 Å². The van der Waals surface area contributed by atoms with Crippen LogP contribution in [-0.2, 0) is 19.0 Å². The lowest BCUT2D eigenvalue weighted by molar-refractivity contribution is -0.137. The highest BCUT2D eigenvalue weighted by atomic mass is 32.1. The minimum absolute atomic E-state index is 0.278. The molecule has 8 heteroatoms. The number of nitrogens with one attached hydrogen (secondary N) is 1. The second-order valence-electron chi connectivity index (χ2n) is 6.15. The smallest absolute Gasteiger partial charge is 0.298 e. The van der Waals surface area contributed by atoms with E-state index in [4.69, 9.17) is 0 Å². The Morgan fingerprint density at radius 3 is 2.70 bits per heavy atom. The number of thiazole rings is 1. The lowest BCUT2D eigenvalue weighted by Crippen LogP contribution is -2.18. The summed E-state index contributed by atoms with van der Waals surface area (Å²) in [6.45, 7) is 0. The van der Waals surface area contributed by atoms with E-state index in [1.807, 2.05) is 12.1 Å². The monoisotopic (exact) mass is 389 g/mol. The number of carbonyl (C=O) groups is 1. The molecule has 1 N–H and O–H groups in total. The summed E-state index contributed by atoms with van der Waals surface area (Å²) in [7, 11) is 0. The van der Waals surface area contributed by atoms with Gasteiger partial charge in [0, 0.05) is 11.1 Å². The number of pyridine rings is 1. The molecular formula is C19H14F3N3OS. The molecule has 0 saturated heterocycles. The van der Waals surface area contributed by atoms with E-state index in [0.29, 0.717) is 5.69 Å². The van der Waals surface area contributed by atoms with Crippen molar-refractivity contribution in [3.05, 3.63) is 64.2 Å². The molecular weight excluding hydrogens is 375 g/mol. The van der Waals surface area contributed by atoms with E-state index in [9.17, 15) is 18.0 Å². The lowest BCUT2D eigenvalue weighted by atomic mass is 10.1. The van der Waals surface area contributed by atoms with Gasteiger partial charge < -0.3 is 0 Å². The Hall–Kier alpha value is -2.74. The predicted molar refractivity (Wildman–Crippen MR) is 96.8 cm³/mol. The number of halogens is 3. The molecule has 1 aliphatic carbocycles. The van der Waals surface area contributed by atoms with Crippen molar-refractivity contribution in [3.8, 4) is 11.4 Å². The normalized spacial score (nSPS) is 13.4. The van der Waals surface area contributed by atoms with Crippen LogP contribution in [0.15, 0.2) is 42.6 Å². The summed E-state index contributed by atoms with van der Waals surface area (Å²) in [5.74, 6) is -0.826. The molecule has 1 aliphatic rings. The van der Waals surface area contributed by atoms with Gasteiger partial charge in [0.05, 0.1) is 16.8 Å². The van der Waals surface area contributed by atoms with Gasteiger partial charge in [0.15, 0.2) is 5.13 Å². The van der Waals surface area contributed by atoms with Crippen molar-refractivity contribution in [2.45, 2.75) is 25.4 Å². The highest BCUT2D eigenvalue weighted by Gasteiger charge is 2.35. The van der Waals surface area contributed by atoms with E-state index < -0.39 is 23.2 Å². The van der Waals surface area contributed by atoms with E-state index >= 15 is 0 Å². The largest absolute Gasteiger partial charge is 0.417 e. The van der Waals surface area contributed by atoms with E-state index in [2.05, 4.69) is 15.3 Å². The molecule has 4 rings (SSSR count). The van der Waals surface area contributed by atoms with Crippen LogP contribution in [-0.4, -0.2) is 15.9 Å². The molecule has 1 amide bonds. The van der Waals surface area contributed by atoms with Crippen LogP contribution < -0.4 is 5.32 Å². The maximum absolute atomic E-state index is 13.1. The SMILES string of the molecule is O=C(Nc1nc2c(s1)CCCc1cccnc1-2)c1ccccc1C(F)(F)F. The fourth-order valence-electron chi connectivity index (χ4n) is 3.15. The first-order valence-electron chi connectivity index (χ1n) is 8.35. The fourth-order valence-corrected chi connectivity index (χ4v) is 4.14. The third-order valence-corrected chi connectivity index (χ3v) is 5.39. The number of amides is 1. The summed E-state index contributed by atoms with van der Waals surface area (Å²) in [5.41, 5.74) is 1.17. The van der Waals surface area contributed by atoms with Gasteiger partial charge in [-0.2, -0.15) is 13.2 Å². The van der Waals surface area contributed by atoms with Gasteiger partial charge in [0.25, 0.3) is 5.91 Å². The van der Waals surface area contributed by atoms with Crippen molar-refractivity contribution >= 4 is 22.4 Å². The Kier molecular flexibility index (Phi) is 4.43. The van der Waals surface area contributed by atoms with Gasteiger partial charge in [-0.15, -0.1) is 11.3 Å². The van der Waals surface area contributed by atoms with Crippen molar-refractivity contribution in [3.63, 3.8) is 0 Å². The van der Waals surface area contributed by atoms with E-state index in [1.165, 1.54) is 23.5 Å². The Bertz CT molecular complexity index is 1010. The molecule has 2 aromatic heterocycles. The number of aromatic nitrogens is 2. The Balaban J connectivity index is 1.66. The van der Waals surface area contributed by atoms with Gasteiger partial charge in [-0.25, -0.2) is 4.98 Å². The van der Waals surface area contributed by atoms with Crippen molar-refractivity contribution in [2.75, 3.05) is 5.32 Å². The van der Waals surface area contributed by atoms with E-state index in [1.54, 1.807) is 6.20 Å². The third-order valence-electron chi connectivity index (χ3n) is 4.36. The first-order chi connectivity index (χ1) is 12.9. The number of rotatable bonds is 2. The molecule has 0 saturated carbocycles. The number of anilines is 1. The number of alkyl halides is 3. The lowest BCUT2D eigenvalue weighted by Gasteiger charge is -2.11. The zero-order chi connectivity index (χ0) is 19.0. The average molecular weight is 389 g/mol. The zero-order valence-electron chi connectivity index (χ0n) is 14.0. The molecule has 0 radical (unpaired) electrons. The van der Waals surface area contributed by atoms with Gasteiger partial charge in [-0.3, -0.25) is 15.1 Å². The van der Waals surface area contributed by atoms with Crippen molar-refractivity contribution < 1.29 is 18.0 Å². The molecule has 3 aromatic rings. The molecule has 0 atom stereocenters. The van der Waals surface area contributed by atoms with Crippen LogP contribution in [0.25, 0.3) is 11.4 Å². The minimum Gasteiger partial charge on any atom is -0.298 e. The standard InChI is InChI=1S/C19H14F3N3OS/c20-19(21,22)13-8-2-1-7-12(13)17(26)25-18-24-16-14(27-18)9-3-5-11-6-4-10-23-15(11)16/h1-2,4,6-8,10H,3,5,9H2,(H,24,25,26). The van der Waals surface area contributed by atoms with Crippen molar-refractivity contribution in [2.24, 2.45) is 0 Å². The number of fused-ring (bicyclic) bond motifs is 3. The van der Waals surface area contributed by atoms with Gasteiger partial charge in [0.1, 0.15) is 5.69 Å². The zero-order valence-corrected chi connectivity index (χ0v) is 14.8. The summed E-state index contributed by atoms with van der Waals surface area (Å²) in [4.78, 5) is 22.3. The fraction of sp³-hybridized carbons (Fsp3) is 0.211. The second-order valence-corrected chi connectivity index (χ2v) is 7.24. The summed E-state index contributed by atoms with van der Waals surface area (Å²) in [6, 6.07) is 8.58. The van der Waals surface area contributed by atoms with Crippen LogP contribution in [0.5, 0.6) is 0 Å². The number of hydrogen-bond donors (Lipinski definition) is 1. The number of carbonyl (C=O) groups excluding carboxylic acids is 1. The molecule has 0 bridgehead atoms. The molecule has 1 aromatic carbocycles. The third kappa shape index (κ3) is 3.44. The van der Waals surface area contributed by atoms with Crippen LogP contribution in [0.1, 0.15) is 32.8 Å². The molecule has 27 heavy (non-hydrogen) atoms. The number of benzene rings is 1. The number of aryl methyl sites for hydroxylation is 2. The quantitative estimate of drug-likeness (QED) is 0.674. The van der Waals surface area contributed by atoms with Crippen molar-refractivity contribution in [1.29, 1.82) is 0 Å². The maximum Gasteiger partial charge on any atom is 0.417 e. The second kappa shape index (κ2) is 6.77. The first kappa shape index (κ1) is 17.7. The predicted octanol–water partition coefficient (Wildman–Crippen LogP) is 4.96. The molecule has 0 fully saturated rings. The highest BCUT2D eigenvalue weighted by molar-refractivity contribution is 7.16. The minimum atomic E-state index is -4.60. The summed E-state index contributed by atoms with van der Waals surface area (Å²) >= 11 is 1.28. The first-order valence-corrected chi connectivity index (χ1v) is 9.16. The van der Waals surface area contributed by atoms with Gasteiger partial charge in [-0.05, 0) is 43.0 Å². The summed E-state index contributed by atoms with van der Waals surface area (Å²) in [5, 5.41) is 2.80.